The van der Waals surface area contributed by atoms with E-state index in [2.05, 4.69) is 6.92 Å². The largest absolute Gasteiger partial charge is 0.232 e. The second-order valence-electron chi connectivity index (χ2n) is 3.72. The van der Waals surface area contributed by atoms with Gasteiger partial charge in [-0.05, 0) is 25.5 Å². The molecule has 80 valence electrons. The van der Waals surface area contributed by atoms with Crippen LogP contribution >= 0.6 is 11.8 Å². The highest BCUT2D eigenvalue weighted by Gasteiger charge is 2.19. The number of hydrogen-bond donors (Lipinski definition) is 0. The minimum absolute atomic E-state index is 0.618. The van der Waals surface area contributed by atoms with E-state index in [4.69, 9.17) is 0 Å². The fourth-order valence-electron chi connectivity index (χ4n) is 1.09. The fraction of sp³-hybridized carbons (Fsp3) is 1.00. The lowest BCUT2D eigenvalue weighted by atomic mass is 10.2. The molecule has 0 aromatic rings. The van der Waals surface area contributed by atoms with E-state index in [0.29, 0.717) is 6.42 Å². The predicted molar refractivity (Wildman–Crippen MR) is 61.0 cm³/mol. The van der Waals surface area contributed by atoms with Crippen molar-refractivity contribution >= 4 is 11.8 Å². The van der Waals surface area contributed by atoms with Crippen LogP contribution in [0.1, 0.15) is 59.3 Å². The van der Waals surface area contributed by atoms with Crippen molar-refractivity contribution in [1.82, 2.24) is 0 Å². The Hall–Kier alpha value is 0.280. The number of unbranched alkanes of at least 4 members (excludes halogenated alkanes) is 4. The summed E-state index contributed by atoms with van der Waals surface area (Å²) in [4.78, 5) is 0. The molecule has 0 saturated carbocycles. The van der Waals surface area contributed by atoms with E-state index in [-0.39, 0.29) is 0 Å². The van der Waals surface area contributed by atoms with Gasteiger partial charge in [-0.2, -0.15) is 0 Å². The highest BCUT2D eigenvalue weighted by molar-refractivity contribution is 8.00. The summed E-state index contributed by atoms with van der Waals surface area (Å²) in [6.07, 6.45) is 6.97. The van der Waals surface area contributed by atoms with E-state index < -0.39 is 5.00 Å². The first kappa shape index (κ1) is 13.3. The Morgan fingerprint density at radius 3 is 2.23 bits per heavy atom. The molecule has 0 nitrogen and oxygen atoms in total. The molecule has 0 bridgehead atoms. The average molecular weight is 206 g/mol. The van der Waals surface area contributed by atoms with Crippen LogP contribution in [0.4, 0.5) is 4.39 Å². The van der Waals surface area contributed by atoms with Crippen LogP contribution in [0.25, 0.3) is 0 Å². The Bertz CT molecular complexity index is 113. The Kier molecular flexibility index (Phi) is 7.83. The van der Waals surface area contributed by atoms with Crippen molar-refractivity contribution in [3.63, 3.8) is 0 Å². The van der Waals surface area contributed by atoms with Gasteiger partial charge in [-0.15, -0.1) is 11.8 Å². The molecular formula is C11H23FS. The second kappa shape index (κ2) is 7.66. The highest BCUT2D eigenvalue weighted by atomic mass is 32.2. The fourth-order valence-corrected chi connectivity index (χ4v) is 2.07. The minimum atomic E-state index is -0.995. The summed E-state index contributed by atoms with van der Waals surface area (Å²) in [5.41, 5.74) is 0. The van der Waals surface area contributed by atoms with E-state index >= 15 is 0 Å². The first-order valence-corrected chi connectivity index (χ1v) is 6.44. The monoisotopic (exact) mass is 206 g/mol. The van der Waals surface area contributed by atoms with Gasteiger partial charge in [0.15, 0.2) is 5.00 Å². The van der Waals surface area contributed by atoms with E-state index in [1.165, 1.54) is 43.9 Å². The molecule has 0 amide bonds. The Labute approximate surface area is 86.7 Å². The van der Waals surface area contributed by atoms with E-state index in [9.17, 15) is 4.39 Å². The van der Waals surface area contributed by atoms with Crippen LogP contribution in [0.5, 0.6) is 0 Å². The number of alkyl halides is 1. The number of rotatable bonds is 8. The summed E-state index contributed by atoms with van der Waals surface area (Å²) < 4.78 is 13.4. The third kappa shape index (κ3) is 8.61. The average Bonchev–Trinajstić information content (AvgIpc) is 2.11. The van der Waals surface area contributed by atoms with Crippen LogP contribution in [0.2, 0.25) is 0 Å². The second-order valence-corrected chi connectivity index (χ2v) is 5.27. The zero-order chi connectivity index (χ0) is 10.2. The van der Waals surface area contributed by atoms with Gasteiger partial charge in [0.25, 0.3) is 0 Å². The molecule has 0 heterocycles. The molecule has 2 heteroatoms. The molecule has 0 aromatic carbocycles. The van der Waals surface area contributed by atoms with Crippen molar-refractivity contribution in [3.05, 3.63) is 0 Å². The summed E-state index contributed by atoms with van der Waals surface area (Å²) in [6.45, 7) is 5.80. The summed E-state index contributed by atoms with van der Waals surface area (Å²) in [7, 11) is 0. The molecule has 1 unspecified atom stereocenters. The van der Waals surface area contributed by atoms with Crippen LogP contribution in [0.3, 0.4) is 0 Å². The van der Waals surface area contributed by atoms with E-state index in [1.54, 1.807) is 6.92 Å². The summed E-state index contributed by atoms with van der Waals surface area (Å²) in [5.74, 6) is 0.977. The van der Waals surface area contributed by atoms with Gasteiger partial charge in [0.2, 0.25) is 0 Å². The third-order valence-electron chi connectivity index (χ3n) is 2.28. The Morgan fingerprint density at radius 1 is 1.08 bits per heavy atom. The maximum atomic E-state index is 13.4. The SMILES string of the molecule is CCCCCCCSC(C)(F)CC. The molecule has 1 atom stereocenters. The van der Waals surface area contributed by atoms with Crippen molar-refractivity contribution in [1.29, 1.82) is 0 Å². The highest BCUT2D eigenvalue weighted by Crippen LogP contribution is 2.30. The Morgan fingerprint density at radius 2 is 1.69 bits per heavy atom. The zero-order valence-corrected chi connectivity index (χ0v) is 10.1. The Balaban J connectivity index is 3.16. The molecule has 0 aliphatic rings. The molecule has 0 N–H and O–H groups in total. The van der Waals surface area contributed by atoms with E-state index in [1.807, 2.05) is 6.92 Å². The van der Waals surface area contributed by atoms with Crippen molar-refractivity contribution in [2.75, 3.05) is 5.75 Å². The van der Waals surface area contributed by atoms with Crippen LogP contribution in [0.15, 0.2) is 0 Å². The number of hydrogen-bond acceptors (Lipinski definition) is 1. The summed E-state index contributed by atoms with van der Waals surface area (Å²) in [5, 5.41) is -0.995. The van der Waals surface area contributed by atoms with Gasteiger partial charge < -0.3 is 0 Å². The van der Waals surface area contributed by atoms with Crippen molar-refractivity contribution < 1.29 is 4.39 Å². The van der Waals surface area contributed by atoms with Gasteiger partial charge in [0.05, 0.1) is 0 Å². The van der Waals surface area contributed by atoms with Gasteiger partial charge in [-0.25, -0.2) is 4.39 Å². The van der Waals surface area contributed by atoms with Crippen molar-refractivity contribution in [2.24, 2.45) is 0 Å². The molecule has 0 aliphatic heterocycles. The molecule has 13 heavy (non-hydrogen) atoms. The van der Waals surface area contributed by atoms with Crippen LogP contribution < -0.4 is 0 Å². The quantitative estimate of drug-likeness (QED) is 0.515. The molecule has 0 rings (SSSR count). The van der Waals surface area contributed by atoms with Crippen LogP contribution in [0, 0.1) is 0 Å². The summed E-state index contributed by atoms with van der Waals surface area (Å²) in [6, 6.07) is 0. The zero-order valence-electron chi connectivity index (χ0n) is 9.24. The number of halogens is 1. The number of thioether (sulfide) groups is 1. The minimum Gasteiger partial charge on any atom is -0.232 e. The topological polar surface area (TPSA) is 0 Å². The molecule has 0 saturated heterocycles. The van der Waals surface area contributed by atoms with Gasteiger partial charge >= 0.3 is 0 Å². The lowest BCUT2D eigenvalue weighted by molar-refractivity contribution is 0.307. The maximum Gasteiger partial charge on any atom is 0.153 e. The van der Waals surface area contributed by atoms with Gasteiger partial charge in [0.1, 0.15) is 0 Å². The lowest BCUT2D eigenvalue weighted by Gasteiger charge is -2.16. The summed E-state index contributed by atoms with van der Waals surface area (Å²) >= 11 is 1.47. The normalized spacial score (nSPS) is 15.7. The predicted octanol–water partition coefficient (Wildman–Crippen LogP) is 4.79. The van der Waals surface area contributed by atoms with Crippen LogP contribution in [-0.2, 0) is 0 Å². The van der Waals surface area contributed by atoms with Gasteiger partial charge in [-0.3, -0.25) is 0 Å². The smallest absolute Gasteiger partial charge is 0.153 e. The molecule has 0 radical (unpaired) electrons. The van der Waals surface area contributed by atoms with Gasteiger partial charge in [0, 0.05) is 0 Å². The molecular weight excluding hydrogens is 183 g/mol. The molecule has 0 aromatic heterocycles. The van der Waals surface area contributed by atoms with Crippen LogP contribution in [-0.4, -0.2) is 10.8 Å². The van der Waals surface area contributed by atoms with E-state index in [0.717, 1.165) is 5.75 Å². The maximum absolute atomic E-state index is 13.4. The first-order chi connectivity index (χ1) is 6.12. The third-order valence-corrected chi connectivity index (χ3v) is 3.67. The lowest BCUT2D eigenvalue weighted by Crippen LogP contribution is -2.10. The first-order valence-electron chi connectivity index (χ1n) is 5.45. The molecule has 0 spiro atoms. The molecule has 0 fully saturated rings. The standard InChI is InChI=1S/C11H23FS/c1-4-6-7-8-9-10-13-11(3,12)5-2/h4-10H2,1-3H3. The van der Waals surface area contributed by atoms with Gasteiger partial charge in [-0.1, -0.05) is 39.5 Å². The van der Waals surface area contributed by atoms with Crippen molar-refractivity contribution in [2.45, 2.75) is 64.3 Å². The van der Waals surface area contributed by atoms with Crippen molar-refractivity contribution in [3.8, 4) is 0 Å². The molecule has 0 aliphatic carbocycles.